The van der Waals surface area contributed by atoms with Gasteiger partial charge in [0.05, 0.1) is 29.3 Å². The van der Waals surface area contributed by atoms with Gasteiger partial charge in [-0.2, -0.15) is 0 Å². The van der Waals surface area contributed by atoms with Crippen LogP contribution in [0.4, 0.5) is 19.6 Å². The lowest BCUT2D eigenvalue weighted by molar-refractivity contribution is 0.0175. The molecule has 0 aliphatic rings. The van der Waals surface area contributed by atoms with Crippen LogP contribution in [0, 0.1) is 0 Å². The molecular weight excluding hydrogens is 358 g/mol. The molecule has 0 saturated heterocycles. The van der Waals surface area contributed by atoms with Gasteiger partial charge in [0.1, 0.15) is 16.8 Å². The number of aromatic nitrogens is 3. The van der Waals surface area contributed by atoms with E-state index in [4.69, 9.17) is 4.74 Å². The van der Waals surface area contributed by atoms with Gasteiger partial charge in [-0.25, -0.2) is 18.7 Å². The predicted octanol–water partition coefficient (Wildman–Crippen LogP) is 5.05. The van der Waals surface area contributed by atoms with Crippen molar-refractivity contribution in [3.05, 3.63) is 42.2 Å². The van der Waals surface area contributed by atoms with E-state index in [1.807, 2.05) is 23.7 Å². The molecule has 0 fully saturated rings. The van der Waals surface area contributed by atoms with Crippen molar-refractivity contribution in [3.8, 4) is 5.75 Å². The van der Waals surface area contributed by atoms with E-state index in [2.05, 4.69) is 15.3 Å². The Morgan fingerprint density at radius 1 is 1.19 bits per heavy atom. The van der Waals surface area contributed by atoms with Crippen LogP contribution in [0.5, 0.6) is 5.75 Å². The second kappa shape index (κ2) is 5.91. The van der Waals surface area contributed by atoms with Crippen LogP contribution in [0.3, 0.4) is 0 Å². The van der Waals surface area contributed by atoms with Gasteiger partial charge in [0.25, 0.3) is 5.92 Å². The van der Waals surface area contributed by atoms with E-state index in [0.717, 1.165) is 28.2 Å². The standard InChI is InChI=1S/C18H16F2N4OS/c1-18(19,20)10-4-6-13(25-3)11(8-10)22-17-23-16-14(26-17)7-5-12-15(16)21-9-24(12)2/h4-9H,1-3H3,(H,22,23). The number of methoxy groups -OCH3 is 1. The molecule has 134 valence electrons. The van der Waals surface area contributed by atoms with Gasteiger partial charge in [-0.1, -0.05) is 11.3 Å². The predicted molar refractivity (Wildman–Crippen MR) is 99.7 cm³/mol. The molecule has 0 saturated carbocycles. The zero-order valence-electron chi connectivity index (χ0n) is 14.4. The molecule has 0 atom stereocenters. The molecule has 0 spiro atoms. The van der Waals surface area contributed by atoms with Gasteiger partial charge in [-0.05, 0) is 30.3 Å². The summed E-state index contributed by atoms with van der Waals surface area (Å²) >= 11 is 1.43. The van der Waals surface area contributed by atoms with Gasteiger partial charge in [0, 0.05) is 19.5 Å². The molecule has 0 radical (unpaired) electrons. The number of anilines is 2. The summed E-state index contributed by atoms with van der Waals surface area (Å²) in [6, 6.07) is 8.25. The van der Waals surface area contributed by atoms with Crippen LogP contribution < -0.4 is 10.1 Å². The van der Waals surface area contributed by atoms with Gasteiger partial charge in [-0.15, -0.1) is 0 Å². The maximum Gasteiger partial charge on any atom is 0.270 e. The minimum absolute atomic E-state index is 0.0889. The molecule has 1 N–H and O–H groups in total. The summed E-state index contributed by atoms with van der Waals surface area (Å²) in [5.74, 6) is -2.46. The van der Waals surface area contributed by atoms with Crippen LogP contribution >= 0.6 is 11.3 Å². The average molecular weight is 374 g/mol. The van der Waals surface area contributed by atoms with Crippen molar-refractivity contribution in [2.45, 2.75) is 12.8 Å². The van der Waals surface area contributed by atoms with Crippen molar-refractivity contribution in [3.63, 3.8) is 0 Å². The first-order valence-electron chi connectivity index (χ1n) is 7.91. The Bertz CT molecular complexity index is 1110. The highest BCUT2D eigenvalue weighted by atomic mass is 32.1. The fourth-order valence-corrected chi connectivity index (χ4v) is 3.72. The fraction of sp³-hybridized carbons (Fsp3) is 0.222. The zero-order valence-corrected chi connectivity index (χ0v) is 15.2. The van der Waals surface area contributed by atoms with Crippen molar-refractivity contribution in [2.24, 2.45) is 7.05 Å². The third-order valence-corrected chi connectivity index (χ3v) is 5.14. The SMILES string of the molecule is COc1ccc(C(C)(F)F)cc1Nc1nc2c(ccc3c2ncn3C)s1. The van der Waals surface area contributed by atoms with Crippen molar-refractivity contribution in [1.29, 1.82) is 0 Å². The Labute approximate surface area is 152 Å². The molecule has 0 aliphatic carbocycles. The first kappa shape index (κ1) is 16.7. The molecule has 0 unspecified atom stereocenters. The van der Waals surface area contributed by atoms with Crippen LogP contribution in [-0.4, -0.2) is 21.6 Å². The summed E-state index contributed by atoms with van der Waals surface area (Å²) < 4.78 is 35.5. The number of imidazole rings is 1. The van der Waals surface area contributed by atoms with E-state index in [9.17, 15) is 8.78 Å². The summed E-state index contributed by atoms with van der Waals surface area (Å²) in [6.45, 7) is 0.869. The van der Waals surface area contributed by atoms with E-state index >= 15 is 0 Å². The lowest BCUT2D eigenvalue weighted by Crippen LogP contribution is -2.07. The van der Waals surface area contributed by atoms with E-state index in [1.54, 1.807) is 6.33 Å². The first-order valence-corrected chi connectivity index (χ1v) is 8.72. The van der Waals surface area contributed by atoms with Crippen LogP contribution in [0.15, 0.2) is 36.7 Å². The highest BCUT2D eigenvalue weighted by Crippen LogP contribution is 2.37. The summed E-state index contributed by atoms with van der Waals surface area (Å²) in [5.41, 5.74) is 2.94. The van der Waals surface area contributed by atoms with Crippen LogP contribution in [0.25, 0.3) is 21.3 Å². The quantitative estimate of drug-likeness (QED) is 0.543. The minimum atomic E-state index is -2.93. The van der Waals surface area contributed by atoms with Gasteiger partial charge in [0.15, 0.2) is 5.13 Å². The number of nitrogens with zero attached hydrogens (tertiary/aromatic N) is 3. The maximum atomic E-state index is 13.7. The molecule has 4 aromatic rings. The highest BCUT2D eigenvalue weighted by Gasteiger charge is 2.25. The number of thiazole rings is 1. The highest BCUT2D eigenvalue weighted by molar-refractivity contribution is 7.22. The Hall–Kier alpha value is -2.74. The number of nitrogens with one attached hydrogen (secondary N) is 1. The molecular formula is C18H16F2N4OS. The van der Waals surface area contributed by atoms with Crippen LogP contribution in [0.2, 0.25) is 0 Å². The van der Waals surface area contributed by atoms with E-state index in [1.165, 1.54) is 36.6 Å². The summed E-state index contributed by atoms with van der Waals surface area (Å²) in [5, 5.41) is 3.70. The molecule has 26 heavy (non-hydrogen) atoms. The number of benzene rings is 2. The number of fused-ring (bicyclic) bond motifs is 3. The third kappa shape index (κ3) is 2.76. The minimum Gasteiger partial charge on any atom is -0.495 e. The van der Waals surface area contributed by atoms with Gasteiger partial charge in [-0.3, -0.25) is 0 Å². The number of alkyl halides is 2. The third-order valence-electron chi connectivity index (χ3n) is 4.20. The van der Waals surface area contributed by atoms with Gasteiger partial charge < -0.3 is 14.6 Å². The molecule has 0 amide bonds. The number of ether oxygens (including phenoxy) is 1. The second-order valence-electron chi connectivity index (χ2n) is 6.08. The van der Waals surface area contributed by atoms with Gasteiger partial charge in [0.2, 0.25) is 0 Å². The molecule has 2 heterocycles. The Balaban J connectivity index is 1.78. The monoisotopic (exact) mass is 374 g/mol. The number of hydrogen-bond donors (Lipinski definition) is 1. The lowest BCUT2D eigenvalue weighted by atomic mass is 10.1. The van der Waals surface area contributed by atoms with E-state index in [0.29, 0.717) is 16.6 Å². The number of hydrogen-bond acceptors (Lipinski definition) is 5. The van der Waals surface area contributed by atoms with E-state index < -0.39 is 5.92 Å². The molecule has 0 bridgehead atoms. The number of aryl methyl sites for hydroxylation is 1. The Morgan fingerprint density at radius 2 is 2.00 bits per heavy atom. The molecule has 4 rings (SSSR count). The van der Waals surface area contributed by atoms with Crippen molar-refractivity contribution in [1.82, 2.24) is 14.5 Å². The molecule has 5 nitrogen and oxygen atoms in total. The average Bonchev–Trinajstić information content (AvgIpc) is 3.17. The number of rotatable bonds is 4. The molecule has 0 aliphatic heterocycles. The van der Waals surface area contributed by atoms with Crippen LogP contribution in [-0.2, 0) is 13.0 Å². The van der Waals surface area contributed by atoms with Crippen LogP contribution in [0.1, 0.15) is 12.5 Å². The van der Waals surface area contributed by atoms with Crippen molar-refractivity contribution in [2.75, 3.05) is 12.4 Å². The smallest absolute Gasteiger partial charge is 0.270 e. The first-order chi connectivity index (χ1) is 12.4. The lowest BCUT2D eigenvalue weighted by Gasteiger charge is -2.15. The Kier molecular flexibility index (Phi) is 3.80. The van der Waals surface area contributed by atoms with E-state index in [-0.39, 0.29) is 5.56 Å². The topological polar surface area (TPSA) is 52.0 Å². The van der Waals surface area contributed by atoms with Crippen molar-refractivity contribution < 1.29 is 13.5 Å². The maximum absolute atomic E-state index is 13.7. The summed E-state index contributed by atoms with van der Waals surface area (Å²) in [7, 11) is 3.42. The fourth-order valence-electron chi connectivity index (χ4n) is 2.84. The van der Waals surface area contributed by atoms with Gasteiger partial charge >= 0.3 is 0 Å². The molecule has 2 aromatic heterocycles. The normalized spacial score (nSPS) is 12.0. The number of halogens is 2. The zero-order chi connectivity index (χ0) is 18.5. The summed E-state index contributed by atoms with van der Waals surface area (Å²) in [6.07, 6.45) is 1.74. The molecule has 2 aromatic carbocycles. The Morgan fingerprint density at radius 3 is 2.73 bits per heavy atom. The molecule has 8 heteroatoms. The van der Waals surface area contributed by atoms with Crippen molar-refractivity contribution >= 4 is 43.4 Å². The second-order valence-corrected chi connectivity index (χ2v) is 7.11. The largest absolute Gasteiger partial charge is 0.495 e. The summed E-state index contributed by atoms with van der Waals surface area (Å²) in [4.78, 5) is 9.01.